The van der Waals surface area contributed by atoms with Gasteiger partial charge in [-0.15, -0.1) is 0 Å². The summed E-state index contributed by atoms with van der Waals surface area (Å²) in [6, 6.07) is 5.30. The highest BCUT2D eigenvalue weighted by atomic mass is 35.5. The smallest absolute Gasteiger partial charge is 0.282 e. The number of para-hydroxylation sites is 1. The van der Waals surface area contributed by atoms with Gasteiger partial charge in [0.25, 0.3) is 11.6 Å². The molecule has 0 radical (unpaired) electrons. The minimum absolute atomic E-state index is 0.0563. The fourth-order valence-corrected chi connectivity index (χ4v) is 3.51. The van der Waals surface area contributed by atoms with Gasteiger partial charge in [0.15, 0.2) is 28.4 Å². The minimum Gasteiger partial charge on any atom is -0.363 e. The molecule has 1 amide bonds. The van der Waals surface area contributed by atoms with Gasteiger partial charge in [0.1, 0.15) is 16.3 Å². The van der Waals surface area contributed by atoms with Gasteiger partial charge >= 0.3 is 0 Å². The Labute approximate surface area is 183 Å². The number of hydrogen-bond acceptors (Lipinski definition) is 5. The lowest BCUT2D eigenvalue weighted by Crippen LogP contribution is -2.53. The molecule has 1 N–H and O–H groups in total. The van der Waals surface area contributed by atoms with Crippen molar-refractivity contribution in [3.8, 4) is 0 Å². The van der Waals surface area contributed by atoms with Gasteiger partial charge < -0.3 is 9.80 Å². The molecule has 0 aliphatic carbocycles. The van der Waals surface area contributed by atoms with E-state index in [0.29, 0.717) is 0 Å². The van der Waals surface area contributed by atoms with Crippen molar-refractivity contribution >= 4 is 46.2 Å². The van der Waals surface area contributed by atoms with E-state index in [-0.39, 0.29) is 36.9 Å². The zero-order valence-corrected chi connectivity index (χ0v) is 17.1. The van der Waals surface area contributed by atoms with Gasteiger partial charge in [-0.05, 0) is 18.3 Å². The Hall–Kier alpha value is -2.99. The molecule has 7 nitrogen and oxygen atoms in total. The molecular formula is C18H13ClF4N4O3S. The first-order valence-electron chi connectivity index (χ1n) is 8.73. The molecule has 2 aromatic carbocycles. The Bertz CT molecular complexity index is 1050. The molecule has 0 aromatic heterocycles. The van der Waals surface area contributed by atoms with Crippen molar-refractivity contribution in [1.29, 1.82) is 0 Å². The van der Waals surface area contributed by atoms with Crippen molar-refractivity contribution in [2.24, 2.45) is 0 Å². The fraction of sp³-hybridized carbons (Fsp3) is 0.222. The van der Waals surface area contributed by atoms with Crippen LogP contribution in [0.25, 0.3) is 0 Å². The topological polar surface area (TPSA) is 78.7 Å². The molecule has 2 aromatic rings. The van der Waals surface area contributed by atoms with Crippen LogP contribution in [-0.4, -0.2) is 47.0 Å². The van der Waals surface area contributed by atoms with Crippen LogP contribution in [0, 0.1) is 33.4 Å². The van der Waals surface area contributed by atoms with Gasteiger partial charge in [-0.3, -0.25) is 20.2 Å². The van der Waals surface area contributed by atoms with E-state index < -0.39 is 50.5 Å². The SMILES string of the molecule is O=C(NC(=S)N1CCN(c2c(F)c(F)c(Cl)c(F)c2F)CC1)c1ccccc1[N+](=O)[O-]. The number of rotatable bonds is 3. The standard InChI is InChI=1S/C18H13ClF4N4O3S/c19-11-12(20)14(22)16(15(23)13(11)21)25-5-7-26(8-6-25)18(31)24-17(28)9-3-1-2-4-10(9)27(29)30/h1-4H,5-8H2,(H,24,28,31). The summed E-state index contributed by atoms with van der Waals surface area (Å²) in [6.07, 6.45) is 0. The summed E-state index contributed by atoms with van der Waals surface area (Å²) < 4.78 is 55.7. The maximum absolute atomic E-state index is 14.1. The summed E-state index contributed by atoms with van der Waals surface area (Å²) in [5, 5.41) is 12.1. The van der Waals surface area contributed by atoms with Crippen LogP contribution in [-0.2, 0) is 0 Å². The van der Waals surface area contributed by atoms with Crippen LogP contribution in [0.1, 0.15) is 10.4 Å². The molecule has 0 bridgehead atoms. The second kappa shape index (κ2) is 9.02. The summed E-state index contributed by atoms with van der Waals surface area (Å²) in [7, 11) is 0. The predicted octanol–water partition coefficient (Wildman–Crippen LogP) is 3.64. The van der Waals surface area contributed by atoms with Gasteiger partial charge in [-0.1, -0.05) is 23.7 Å². The van der Waals surface area contributed by atoms with Crippen molar-refractivity contribution in [3.63, 3.8) is 0 Å². The Morgan fingerprint density at radius 1 is 1.03 bits per heavy atom. The van der Waals surface area contributed by atoms with Crippen molar-refractivity contribution in [3.05, 3.63) is 68.2 Å². The molecular weight excluding hydrogens is 464 g/mol. The van der Waals surface area contributed by atoms with Gasteiger partial charge in [0.2, 0.25) is 0 Å². The highest BCUT2D eigenvalue weighted by Gasteiger charge is 2.31. The second-order valence-electron chi connectivity index (χ2n) is 6.43. The monoisotopic (exact) mass is 476 g/mol. The lowest BCUT2D eigenvalue weighted by atomic mass is 10.1. The van der Waals surface area contributed by atoms with Crippen LogP contribution in [0.15, 0.2) is 24.3 Å². The van der Waals surface area contributed by atoms with Gasteiger partial charge in [-0.25, -0.2) is 17.6 Å². The first kappa shape index (κ1) is 22.7. The van der Waals surface area contributed by atoms with E-state index >= 15 is 0 Å². The maximum Gasteiger partial charge on any atom is 0.282 e. The van der Waals surface area contributed by atoms with Gasteiger partial charge in [0.05, 0.1) is 4.92 Å². The highest BCUT2D eigenvalue weighted by molar-refractivity contribution is 7.80. The van der Waals surface area contributed by atoms with Crippen molar-refractivity contribution in [2.75, 3.05) is 31.1 Å². The molecule has 1 aliphatic heterocycles. The molecule has 3 rings (SSSR count). The van der Waals surface area contributed by atoms with E-state index in [0.717, 1.165) is 4.90 Å². The molecule has 1 aliphatic rings. The van der Waals surface area contributed by atoms with Crippen LogP contribution < -0.4 is 10.2 Å². The molecule has 13 heteroatoms. The summed E-state index contributed by atoms with van der Waals surface area (Å²) in [5.74, 6) is -7.39. The average Bonchev–Trinajstić information content (AvgIpc) is 2.76. The first-order chi connectivity index (χ1) is 14.6. The number of thiocarbonyl (C=S) groups is 1. The Morgan fingerprint density at radius 2 is 1.58 bits per heavy atom. The number of nitro groups is 1. The zero-order valence-electron chi connectivity index (χ0n) is 15.5. The first-order valence-corrected chi connectivity index (χ1v) is 9.52. The Morgan fingerprint density at radius 3 is 2.13 bits per heavy atom. The third-order valence-electron chi connectivity index (χ3n) is 4.64. The summed E-state index contributed by atoms with van der Waals surface area (Å²) in [4.78, 5) is 25.3. The predicted molar refractivity (Wildman–Crippen MR) is 108 cm³/mol. The van der Waals surface area contributed by atoms with E-state index in [2.05, 4.69) is 5.32 Å². The van der Waals surface area contributed by atoms with E-state index in [1.165, 1.54) is 29.2 Å². The minimum atomic E-state index is -1.69. The molecule has 1 saturated heterocycles. The number of hydrogen-bond donors (Lipinski definition) is 1. The number of halogens is 5. The molecule has 0 spiro atoms. The van der Waals surface area contributed by atoms with E-state index in [9.17, 15) is 32.5 Å². The van der Waals surface area contributed by atoms with Crippen molar-refractivity contribution in [1.82, 2.24) is 10.2 Å². The lowest BCUT2D eigenvalue weighted by Gasteiger charge is -2.37. The number of nitro benzene ring substituents is 1. The number of amides is 1. The van der Waals surface area contributed by atoms with Crippen molar-refractivity contribution in [2.45, 2.75) is 0 Å². The van der Waals surface area contributed by atoms with Gasteiger partial charge in [0, 0.05) is 32.2 Å². The molecule has 1 fully saturated rings. The summed E-state index contributed by atoms with van der Waals surface area (Å²) >= 11 is 10.4. The van der Waals surface area contributed by atoms with Crippen molar-refractivity contribution < 1.29 is 27.3 Å². The van der Waals surface area contributed by atoms with E-state index in [1.54, 1.807) is 0 Å². The number of piperazine rings is 1. The van der Waals surface area contributed by atoms with Crippen LogP contribution in [0.3, 0.4) is 0 Å². The zero-order chi connectivity index (χ0) is 22.9. The molecule has 0 unspecified atom stereocenters. The number of nitrogens with one attached hydrogen (secondary N) is 1. The maximum atomic E-state index is 14.1. The molecule has 0 saturated carbocycles. The number of carbonyl (C=O) groups excluding carboxylic acids is 1. The van der Waals surface area contributed by atoms with Crippen LogP contribution in [0.4, 0.5) is 28.9 Å². The quantitative estimate of drug-likeness (QED) is 0.182. The Balaban J connectivity index is 1.69. The third kappa shape index (κ3) is 4.39. The molecule has 0 atom stereocenters. The highest BCUT2D eigenvalue weighted by Crippen LogP contribution is 2.33. The van der Waals surface area contributed by atoms with Crippen LogP contribution in [0.5, 0.6) is 0 Å². The van der Waals surface area contributed by atoms with Crippen LogP contribution >= 0.6 is 23.8 Å². The van der Waals surface area contributed by atoms with E-state index in [1.807, 2.05) is 0 Å². The molecule has 164 valence electrons. The number of carbonyl (C=O) groups is 1. The number of benzene rings is 2. The summed E-state index contributed by atoms with van der Waals surface area (Å²) in [5.41, 5.74) is -1.47. The lowest BCUT2D eigenvalue weighted by molar-refractivity contribution is -0.385. The van der Waals surface area contributed by atoms with Crippen LogP contribution in [0.2, 0.25) is 5.02 Å². The number of anilines is 1. The average molecular weight is 477 g/mol. The third-order valence-corrected chi connectivity index (χ3v) is 5.33. The van der Waals surface area contributed by atoms with E-state index in [4.69, 9.17) is 23.8 Å². The molecule has 31 heavy (non-hydrogen) atoms. The number of nitrogens with zero attached hydrogens (tertiary/aromatic N) is 3. The Kier molecular flexibility index (Phi) is 6.60. The normalized spacial score (nSPS) is 13.8. The fourth-order valence-electron chi connectivity index (χ4n) is 3.07. The largest absolute Gasteiger partial charge is 0.363 e. The summed E-state index contributed by atoms with van der Waals surface area (Å²) in [6.45, 7) is -0.0345. The second-order valence-corrected chi connectivity index (χ2v) is 7.19. The molecule has 1 heterocycles. The van der Waals surface area contributed by atoms with Gasteiger partial charge in [-0.2, -0.15) is 0 Å².